The van der Waals surface area contributed by atoms with Crippen LogP contribution in [0.15, 0.2) is 44.8 Å². The van der Waals surface area contributed by atoms with Gasteiger partial charge in [0.2, 0.25) is 0 Å². The quantitative estimate of drug-likeness (QED) is 0.808. The van der Waals surface area contributed by atoms with Gasteiger partial charge in [0.05, 0.1) is 9.77 Å². The molecule has 2 rings (SSSR count). The normalized spacial score (nSPS) is 9.80. The van der Waals surface area contributed by atoms with E-state index < -0.39 is 0 Å². The summed E-state index contributed by atoms with van der Waals surface area (Å²) in [6.07, 6.45) is 0. The maximum Gasteiger partial charge on any atom is 0.101 e. The Morgan fingerprint density at radius 2 is 2.20 bits per heavy atom. The van der Waals surface area contributed by atoms with Crippen molar-refractivity contribution in [2.24, 2.45) is 0 Å². The molecule has 0 aliphatic heterocycles. The standard InChI is InChI=1S/C11H8N2S2/c12-7-8-6-9(3-4-10(8)13)15-11-2-1-5-14-11/h1-6H,13H2. The van der Waals surface area contributed by atoms with Crippen molar-refractivity contribution >= 4 is 28.8 Å². The summed E-state index contributed by atoms with van der Waals surface area (Å²) in [5, 5.41) is 10.9. The lowest BCUT2D eigenvalue weighted by atomic mass is 10.2. The van der Waals surface area contributed by atoms with Gasteiger partial charge in [0.25, 0.3) is 0 Å². The molecule has 0 fully saturated rings. The van der Waals surface area contributed by atoms with Crippen LogP contribution < -0.4 is 5.73 Å². The van der Waals surface area contributed by atoms with Gasteiger partial charge in [-0.25, -0.2) is 0 Å². The van der Waals surface area contributed by atoms with Gasteiger partial charge in [-0.15, -0.1) is 11.3 Å². The lowest BCUT2D eigenvalue weighted by Gasteiger charge is -2.01. The van der Waals surface area contributed by atoms with Crippen LogP contribution >= 0.6 is 23.1 Å². The molecule has 0 aliphatic rings. The Morgan fingerprint density at radius 3 is 2.87 bits per heavy atom. The van der Waals surface area contributed by atoms with E-state index in [1.165, 1.54) is 4.21 Å². The topological polar surface area (TPSA) is 49.8 Å². The van der Waals surface area contributed by atoms with Gasteiger partial charge < -0.3 is 5.73 Å². The lowest BCUT2D eigenvalue weighted by molar-refractivity contribution is 1.40. The Bertz CT molecular complexity index is 498. The van der Waals surface area contributed by atoms with Crippen LogP contribution in [0.4, 0.5) is 5.69 Å². The molecule has 0 aliphatic carbocycles. The zero-order valence-corrected chi connectivity index (χ0v) is 9.44. The minimum absolute atomic E-state index is 0.535. The summed E-state index contributed by atoms with van der Waals surface area (Å²) in [7, 11) is 0. The van der Waals surface area contributed by atoms with Gasteiger partial charge >= 0.3 is 0 Å². The minimum Gasteiger partial charge on any atom is -0.398 e. The van der Waals surface area contributed by atoms with Crippen LogP contribution in [-0.4, -0.2) is 0 Å². The summed E-state index contributed by atoms with van der Waals surface area (Å²) >= 11 is 3.33. The van der Waals surface area contributed by atoms with Crippen LogP contribution in [0.5, 0.6) is 0 Å². The lowest BCUT2D eigenvalue weighted by Crippen LogP contribution is -1.89. The Morgan fingerprint density at radius 1 is 1.33 bits per heavy atom. The summed E-state index contributed by atoms with van der Waals surface area (Å²) in [5.41, 5.74) is 6.72. The molecule has 0 saturated heterocycles. The fourth-order valence-electron chi connectivity index (χ4n) is 1.13. The molecule has 1 aromatic heterocycles. The molecule has 15 heavy (non-hydrogen) atoms. The first-order valence-electron chi connectivity index (χ1n) is 4.30. The SMILES string of the molecule is N#Cc1cc(Sc2cccs2)ccc1N. The van der Waals surface area contributed by atoms with Gasteiger partial charge in [0.15, 0.2) is 0 Å². The predicted octanol–water partition coefficient (Wildman–Crippen LogP) is 3.35. The number of nitriles is 1. The third kappa shape index (κ3) is 2.32. The van der Waals surface area contributed by atoms with Crippen molar-refractivity contribution < 1.29 is 0 Å². The van der Waals surface area contributed by atoms with E-state index in [4.69, 9.17) is 11.0 Å². The molecule has 0 spiro atoms. The van der Waals surface area contributed by atoms with E-state index in [0.717, 1.165) is 4.90 Å². The van der Waals surface area contributed by atoms with E-state index in [1.807, 2.05) is 23.6 Å². The molecular weight excluding hydrogens is 224 g/mol. The van der Waals surface area contributed by atoms with E-state index in [-0.39, 0.29) is 0 Å². The molecule has 2 N–H and O–H groups in total. The molecule has 0 saturated carbocycles. The highest BCUT2D eigenvalue weighted by Gasteiger charge is 2.02. The van der Waals surface area contributed by atoms with Gasteiger partial charge in [0, 0.05) is 10.6 Å². The molecule has 0 unspecified atom stereocenters. The van der Waals surface area contributed by atoms with E-state index in [2.05, 4.69) is 12.1 Å². The second kappa shape index (κ2) is 4.39. The highest BCUT2D eigenvalue weighted by atomic mass is 32.2. The average Bonchev–Trinajstić information content (AvgIpc) is 2.73. The van der Waals surface area contributed by atoms with Crippen LogP contribution in [0.1, 0.15) is 5.56 Å². The van der Waals surface area contributed by atoms with E-state index in [0.29, 0.717) is 11.3 Å². The number of benzene rings is 1. The van der Waals surface area contributed by atoms with E-state index in [9.17, 15) is 0 Å². The third-order valence-electron chi connectivity index (χ3n) is 1.86. The molecule has 0 amide bonds. The van der Waals surface area contributed by atoms with Gasteiger partial charge in [-0.1, -0.05) is 17.8 Å². The Hall–Kier alpha value is -1.44. The van der Waals surface area contributed by atoms with E-state index in [1.54, 1.807) is 29.2 Å². The van der Waals surface area contributed by atoms with Crippen molar-refractivity contribution in [1.82, 2.24) is 0 Å². The number of hydrogen-bond acceptors (Lipinski definition) is 4. The molecule has 2 nitrogen and oxygen atoms in total. The first-order chi connectivity index (χ1) is 7.29. The van der Waals surface area contributed by atoms with Gasteiger partial charge in [-0.3, -0.25) is 0 Å². The van der Waals surface area contributed by atoms with Crippen LogP contribution in [-0.2, 0) is 0 Å². The van der Waals surface area contributed by atoms with Crippen LogP contribution in [0.2, 0.25) is 0 Å². The number of rotatable bonds is 2. The van der Waals surface area contributed by atoms with Crippen LogP contribution in [0, 0.1) is 11.3 Å². The number of anilines is 1. The van der Waals surface area contributed by atoms with Crippen molar-refractivity contribution in [2.75, 3.05) is 5.73 Å². The van der Waals surface area contributed by atoms with Crippen LogP contribution in [0.3, 0.4) is 0 Å². The fourth-order valence-corrected chi connectivity index (χ4v) is 2.92. The van der Waals surface area contributed by atoms with Crippen LogP contribution in [0.25, 0.3) is 0 Å². The minimum atomic E-state index is 0.535. The van der Waals surface area contributed by atoms with Gasteiger partial charge in [-0.05, 0) is 29.6 Å². The molecule has 2 aromatic rings. The second-order valence-corrected chi connectivity index (χ2v) is 5.22. The smallest absolute Gasteiger partial charge is 0.101 e. The largest absolute Gasteiger partial charge is 0.398 e. The van der Waals surface area contributed by atoms with Crippen molar-refractivity contribution in [3.8, 4) is 6.07 Å². The van der Waals surface area contributed by atoms with Crippen molar-refractivity contribution in [1.29, 1.82) is 5.26 Å². The average molecular weight is 232 g/mol. The van der Waals surface area contributed by atoms with Crippen molar-refractivity contribution in [3.05, 3.63) is 41.3 Å². The summed E-state index contributed by atoms with van der Waals surface area (Å²) < 4.78 is 1.21. The Labute approximate surface area is 96.3 Å². The summed E-state index contributed by atoms with van der Waals surface area (Å²) in [5.74, 6) is 0. The van der Waals surface area contributed by atoms with E-state index >= 15 is 0 Å². The molecule has 1 aromatic carbocycles. The van der Waals surface area contributed by atoms with Crippen molar-refractivity contribution in [2.45, 2.75) is 9.10 Å². The number of nitrogens with two attached hydrogens (primary N) is 1. The monoisotopic (exact) mass is 232 g/mol. The number of nitrogens with zero attached hydrogens (tertiary/aromatic N) is 1. The summed E-state index contributed by atoms with van der Waals surface area (Å²) in [6.45, 7) is 0. The fraction of sp³-hybridized carbons (Fsp3) is 0. The highest BCUT2D eigenvalue weighted by molar-refractivity contribution is 8.01. The molecule has 1 heterocycles. The van der Waals surface area contributed by atoms with Gasteiger partial charge in [0.1, 0.15) is 6.07 Å². The Balaban J connectivity index is 2.27. The molecule has 0 radical (unpaired) electrons. The number of nitrogen functional groups attached to an aromatic ring is 1. The molecule has 74 valence electrons. The maximum absolute atomic E-state index is 8.83. The molecule has 0 bridgehead atoms. The Kier molecular flexibility index (Phi) is 2.95. The zero-order chi connectivity index (χ0) is 10.7. The molecular formula is C11H8N2S2. The van der Waals surface area contributed by atoms with Crippen molar-refractivity contribution in [3.63, 3.8) is 0 Å². The highest BCUT2D eigenvalue weighted by Crippen LogP contribution is 2.32. The zero-order valence-electron chi connectivity index (χ0n) is 7.81. The third-order valence-corrected chi connectivity index (χ3v) is 3.89. The summed E-state index contributed by atoms with van der Waals surface area (Å²) in [4.78, 5) is 1.04. The second-order valence-electron chi connectivity index (χ2n) is 2.90. The summed E-state index contributed by atoms with van der Waals surface area (Å²) in [6, 6.07) is 11.7. The molecule has 4 heteroatoms. The predicted molar refractivity (Wildman–Crippen MR) is 64.0 cm³/mol. The molecule has 0 atom stereocenters. The number of thiophene rings is 1. The number of hydrogen-bond donors (Lipinski definition) is 1. The first kappa shape index (κ1) is 10.1. The van der Waals surface area contributed by atoms with Gasteiger partial charge in [-0.2, -0.15) is 5.26 Å². The first-order valence-corrected chi connectivity index (χ1v) is 6.00. The maximum atomic E-state index is 8.83.